The molecule has 116 valence electrons. The van der Waals surface area contributed by atoms with Crippen LogP contribution in [0.2, 0.25) is 0 Å². The number of rotatable bonds is 5. The van der Waals surface area contributed by atoms with Crippen LogP contribution in [-0.4, -0.2) is 42.4 Å². The average molecular weight is 286 g/mol. The molecule has 0 spiro atoms. The molecule has 0 bridgehead atoms. The van der Waals surface area contributed by atoms with Crippen molar-refractivity contribution in [2.45, 2.75) is 64.6 Å². The first-order valence-electron chi connectivity index (χ1n) is 7.04. The third-order valence-corrected chi connectivity index (χ3v) is 3.78. The summed E-state index contributed by atoms with van der Waals surface area (Å²) in [7, 11) is 1.68. The lowest BCUT2D eigenvalue weighted by Crippen LogP contribution is -2.51. The van der Waals surface area contributed by atoms with Crippen molar-refractivity contribution in [2.24, 2.45) is 5.41 Å². The van der Waals surface area contributed by atoms with Crippen LogP contribution in [0.5, 0.6) is 0 Å². The molecule has 3 N–H and O–H groups in total. The lowest BCUT2D eigenvalue weighted by molar-refractivity contribution is -0.138. The molecule has 0 aliphatic heterocycles. The Labute approximate surface area is 120 Å². The van der Waals surface area contributed by atoms with Crippen molar-refractivity contribution in [3.63, 3.8) is 0 Å². The Hall–Kier alpha value is -1.30. The van der Waals surface area contributed by atoms with E-state index in [9.17, 15) is 9.59 Å². The average Bonchev–Trinajstić information content (AvgIpc) is 2.74. The van der Waals surface area contributed by atoms with Gasteiger partial charge in [-0.25, -0.2) is 4.79 Å². The predicted molar refractivity (Wildman–Crippen MR) is 75.6 cm³/mol. The summed E-state index contributed by atoms with van der Waals surface area (Å²) in [4.78, 5) is 22.9. The zero-order valence-corrected chi connectivity index (χ0v) is 12.7. The number of aliphatic carboxylic acids is 1. The van der Waals surface area contributed by atoms with E-state index in [0.717, 1.165) is 19.3 Å². The molecule has 1 aliphatic carbocycles. The van der Waals surface area contributed by atoms with Gasteiger partial charge in [0.2, 0.25) is 0 Å². The van der Waals surface area contributed by atoms with E-state index < -0.39 is 12.0 Å². The molecule has 6 heteroatoms. The molecule has 1 fully saturated rings. The lowest BCUT2D eigenvalue weighted by Gasteiger charge is -2.30. The molecule has 0 radical (unpaired) electrons. The van der Waals surface area contributed by atoms with Crippen LogP contribution in [0, 0.1) is 5.41 Å². The second-order valence-electron chi connectivity index (χ2n) is 6.50. The van der Waals surface area contributed by atoms with E-state index in [2.05, 4.69) is 10.6 Å². The van der Waals surface area contributed by atoms with Gasteiger partial charge in [0.15, 0.2) is 0 Å². The van der Waals surface area contributed by atoms with Crippen LogP contribution in [0.3, 0.4) is 0 Å². The Kier molecular flexibility index (Phi) is 5.80. The van der Waals surface area contributed by atoms with E-state index in [1.54, 1.807) is 7.11 Å². The maximum atomic E-state index is 12.0. The highest BCUT2D eigenvalue weighted by molar-refractivity contribution is 5.76. The number of methoxy groups -OCH3 is 1. The monoisotopic (exact) mass is 286 g/mol. The predicted octanol–water partition coefficient (Wildman–Crippen LogP) is 1.74. The molecule has 0 saturated heterocycles. The number of hydrogen-bond acceptors (Lipinski definition) is 3. The van der Waals surface area contributed by atoms with Gasteiger partial charge in [0.25, 0.3) is 0 Å². The molecule has 1 aliphatic rings. The third-order valence-electron chi connectivity index (χ3n) is 3.78. The van der Waals surface area contributed by atoms with Gasteiger partial charge >= 0.3 is 12.0 Å². The summed E-state index contributed by atoms with van der Waals surface area (Å²) in [5, 5.41) is 14.6. The van der Waals surface area contributed by atoms with Gasteiger partial charge in [-0.1, -0.05) is 20.8 Å². The maximum Gasteiger partial charge on any atom is 0.315 e. The Balaban J connectivity index is 2.48. The number of carboxylic acids is 1. The minimum Gasteiger partial charge on any atom is -0.481 e. The summed E-state index contributed by atoms with van der Waals surface area (Å²) in [6.07, 6.45) is 2.77. The number of urea groups is 1. The number of hydrogen-bond donors (Lipinski definition) is 3. The van der Waals surface area contributed by atoms with Crippen LogP contribution >= 0.6 is 0 Å². The van der Waals surface area contributed by atoms with Gasteiger partial charge in [-0.2, -0.15) is 0 Å². The SMILES string of the molecule is COC1CCC(NC(=O)NC(CC(=O)O)C(C)(C)C)C1. The summed E-state index contributed by atoms with van der Waals surface area (Å²) in [6, 6.07) is -0.599. The van der Waals surface area contributed by atoms with Gasteiger partial charge in [0.05, 0.1) is 12.5 Å². The van der Waals surface area contributed by atoms with Crippen molar-refractivity contribution >= 4 is 12.0 Å². The molecule has 3 atom stereocenters. The summed E-state index contributed by atoms with van der Waals surface area (Å²) in [6.45, 7) is 5.74. The number of amides is 2. The molecule has 0 aromatic carbocycles. The number of carbonyl (C=O) groups is 2. The van der Waals surface area contributed by atoms with Crippen molar-refractivity contribution in [1.29, 1.82) is 0 Å². The topological polar surface area (TPSA) is 87.7 Å². The Morgan fingerprint density at radius 3 is 2.45 bits per heavy atom. The fraction of sp³-hybridized carbons (Fsp3) is 0.857. The molecule has 3 unspecified atom stereocenters. The van der Waals surface area contributed by atoms with E-state index in [4.69, 9.17) is 9.84 Å². The smallest absolute Gasteiger partial charge is 0.315 e. The summed E-state index contributed by atoms with van der Waals surface area (Å²) in [5.41, 5.74) is -0.305. The first-order chi connectivity index (χ1) is 9.22. The molecular formula is C14H26N2O4. The quantitative estimate of drug-likeness (QED) is 0.718. The first-order valence-corrected chi connectivity index (χ1v) is 7.04. The Morgan fingerprint density at radius 2 is 2.00 bits per heavy atom. The molecule has 6 nitrogen and oxygen atoms in total. The van der Waals surface area contributed by atoms with Crippen molar-refractivity contribution in [3.05, 3.63) is 0 Å². The van der Waals surface area contributed by atoms with E-state index in [1.165, 1.54) is 0 Å². The standard InChI is InChI=1S/C14H26N2O4/c1-14(2,3)11(8-12(17)18)16-13(19)15-9-5-6-10(7-9)20-4/h9-11H,5-8H2,1-4H3,(H,17,18)(H2,15,16,19). The molecule has 1 saturated carbocycles. The van der Waals surface area contributed by atoms with Crippen LogP contribution in [0.4, 0.5) is 4.79 Å². The molecule has 0 aromatic heterocycles. The van der Waals surface area contributed by atoms with Crippen LogP contribution in [0.15, 0.2) is 0 Å². The third kappa shape index (κ3) is 5.36. The van der Waals surface area contributed by atoms with Gasteiger partial charge in [0, 0.05) is 19.2 Å². The first kappa shape index (κ1) is 16.8. The van der Waals surface area contributed by atoms with Crippen molar-refractivity contribution in [3.8, 4) is 0 Å². The second kappa shape index (κ2) is 6.92. The van der Waals surface area contributed by atoms with Crippen molar-refractivity contribution < 1.29 is 19.4 Å². The molecule has 1 rings (SSSR count). The zero-order valence-electron chi connectivity index (χ0n) is 12.7. The summed E-state index contributed by atoms with van der Waals surface area (Å²) < 4.78 is 5.26. The Bertz CT molecular complexity index is 352. The zero-order chi connectivity index (χ0) is 15.3. The summed E-state index contributed by atoms with van der Waals surface area (Å²) in [5.74, 6) is -0.912. The minimum absolute atomic E-state index is 0.0811. The normalized spacial score (nSPS) is 24.2. The van der Waals surface area contributed by atoms with Crippen LogP contribution in [-0.2, 0) is 9.53 Å². The molecule has 0 aromatic rings. The van der Waals surface area contributed by atoms with Gasteiger partial charge in [-0.05, 0) is 24.7 Å². The fourth-order valence-corrected chi connectivity index (χ4v) is 2.42. The minimum atomic E-state index is -0.912. The number of carbonyl (C=O) groups excluding carboxylic acids is 1. The van der Waals surface area contributed by atoms with Crippen LogP contribution in [0.1, 0.15) is 46.5 Å². The molecular weight excluding hydrogens is 260 g/mol. The fourth-order valence-electron chi connectivity index (χ4n) is 2.42. The number of ether oxygens (including phenoxy) is 1. The molecule has 2 amide bonds. The van der Waals surface area contributed by atoms with E-state index in [1.807, 2.05) is 20.8 Å². The lowest BCUT2D eigenvalue weighted by atomic mass is 9.85. The van der Waals surface area contributed by atoms with Crippen LogP contribution < -0.4 is 10.6 Å². The van der Waals surface area contributed by atoms with Gasteiger partial charge < -0.3 is 20.5 Å². The largest absolute Gasteiger partial charge is 0.481 e. The highest BCUT2D eigenvalue weighted by Gasteiger charge is 2.30. The Morgan fingerprint density at radius 1 is 1.35 bits per heavy atom. The van der Waals surface area contributed by atoms with Gasteiger partial charge in [-0.3, -0.25) is 4.79 Å². The van der Waals surface area contributed by atoms with E-state index >= 15 is 0 Å². The summed E-state index contributed by atoms with van der Waals surface area (Å²) >= 11 is 0. The molecule has 0 heterocycles. The number of nitrogens with one attached hydrogen (secondary N) is 2. The second-order valence-corrected chi connectivity index (χ2v) is 6.50. The maximum absolute atomic E-state index is 12.0. The van der Waals surface area contributed by atoms with E-state index in [-0.39, 0.29) is 30.0 Å². The van der Waals surface area contributed by atoms with Crippen molar-refractivity contribution in [1.82, 2.24) is 10.6 Å². The highest BCUT2D eigenvalue weighted by atomic mass is 16.5. The highest BCUT2D eigenvalue weighted by Crippen LogP contribution is 2.23. The van der Waals surface area contributed by atoms with Crippen LogP contribution in [0.25, 0.3) is 0 Å². The van der Waals surface area contributed by atoms with Crippen molar-refractivity contribution in [2.75, 3.05) is 7.11 Å². The van der Waals surface area contributed by atoms with E-state index in [0.29, 0.717) is 0 Å². The number of carboxylic acid groups (broad SMARTS) is 1. The van der Waals surface area contributed by atoms with Gasteiger partial charge in [-0.15, -0.1) is 0 Å². The molecule has 20 heavy (non-hydrogen) atoms. The van der Waals surface area contributed by atoms with Gasteiger partial charge in [0.1, 0.15) is 0 Å².